The molecule has 30 heavy (non-hydrogen) atoms. The fourth-order valence-electron chi connectivity index (χ4n) is 3.32. The molecule has 2 aromatic rings. The molecule has 9 heteroatoms. The summed E-state index contributed by atoms with van der Waals surface area (Å²) < 4.78 is 38.6. The van der Waals surface area contributed by atoms with Crippen LogP contribution in [0.2, 0.25) is 5.02 Å². The number of carbonyl (C=O) groups excluding carboxylic acids is 1. The fourth-order valence-corrected chi connectivity index (χ4v) is 4.31. The molecular weight excluding hydrogens is 439 g/mol. The lowest BCUT2D eigenvalue weighted by Crippen LogP contribution is -2.24. The van der Waals surface area contributed by atoms with E-state index in [1.165, 1.54) is 17.4 Å². The number of thiophene rings is 1. The summed E-state index contributed by atoms with van der Waals surface area (Å²) in [5, 5.41) is 18.3. The highest BCUT2D eigenvalue weighted by Crippen LogP contribution is 2.40. The van der Waals surface area contributed by atoms with E-state index in [1.54, 1.807) is 6.92 Å². The molecule has 1 aromatic heterocycles. The van der Waals surface area contributed by atoms with Crippen molar-refractivity contribution in [3.8, 4) is 0 Å². The first-order valence-electron chi connectivity index (χ1n) is 9.23. The van der Waals surface area contributed by atoms with Crippen molar-refractivity contribution in [1.29, 1.82) is 0 Å². The molecule has 3 rings (SSSR count). The Hall–Kier alpha value is -2.32. The minimum absolute atomic E-state index is 0.00796. The molecule has 0 amide bonds. The maximum absolute atomic E-state index is 12.9. The van der Waals surface area contributed by atoms with Crippen molar-refractivity contribution in [1.82, 2.24) is 0 Å². The molecular formula is C21H19ClF3NO3S. The van der Waals surface area contributed by atoms with Crippen LogP contribution in [0.1, 0.15) is 48.8 Å². The van der Waals surface area contributed by atoms with Gasteiger partial charge in [0.05, 0.1) is 16.8 Å². The van der Waals surface area contributed by atoms with Gasteiger partial charge in [0.2, 0.25) is 0 Å². The summed E-state index contributed by atoms with van der Waals surface area (Å²) in [7, 11) is 0. The van der Waals surface area contributed by atoms with Crippen molar-refractivity contribution < 1.29 is 27.9 Å². The first-order valence-corrected chi connectivity index (χ1v) is 10.5. The van der Waals surface area contributed by atoms with E-state index in [9.17, 15) is 23.1 Å². The van der Waals surface area contributed by atoms with Gasteiger partial charge in [-0.1, -0.05) is 29.7 Å². The highest BCUT2D eigenvalue weighted by Gasteiger charge is 2.34. The Bertz CT molecular complexity index is 984. The smallest absolute Gasteiger partial charge is 0.416 e. The number of nitrogens with zero attached hydrogens (tertiary/aromatic N) is 1. The summed E-state index contributed by atoms with van der Waals surface area (Å²) in [6.45, 7) is 2.04. The zero-order valence-corrected chi connectivity index (χ0v) is 17.6. The number of aliphatic hydroxyl groups excluding tert-OH is 1. The minimum Gasteiger partial charge on any atom is -0.511 e. The van der Waals surface area contributed by atoms with Gasteiger partial charge in [-0.2, -0.15) is 24.5 Å². The van der Waals surface area contributed by atoms with Crippen molar-refractivity contribution in [3.63, 3.8) is 0 Å². The lowest BCUT2D eigenvalue weighted by Gasteiger charge is -2.25. The summed E-state index contributed by atoms with van der Waals surface area (Å²) in [5.74, 6) is -1.02. The Labute approximate surface area is 180 Å². The lowest BCUT2D eigenvalue weighted by molar-refractivity contribution is -0.137. The third-order valence-electron chi connectivity index (χ3n) is 4.82. The van der Waals surface area contributed by atoms with Crippen LogP contribution >= 0.6 is 22.9 Å². The highest BCUT2D eigenvalue weighted by atomic mass is 35.5. The number of ketones is 1. The van der Waals surface area contributed by atoms with Gasteiger partial charge in [-0.3, -0.25) is 4.79 Å². The zero-order chi connectivity index (χ0) is 21.9. The van der Waals surface area contributed by atoms with Crippen LogP contribution in [0, 0.1) is 0 Å². The van der Waals surface area contributed by atoms with E-state index in [2.05, 4.69) is 5.16 Å². The van der Waals surface area contributed by atoms with E-state index >= 15 is 0 Å². The Kier molecular flexibility index (Phi) is 6.88. The number of Topliss-reactive ketones (excluding diaryl/α,β-unsaturated/α-hetero) is 1. The first-order chi connectivity index (χ1) is 14.2. The van der Waals surface area contributed by atoms with Crippen LogP contribution in [-0.4, -0.2) is 16.6 Å². The van der Waals surface area contributed by atoms with Gasteiger partial charge >= 0.3 is 6.18 Å². The monoisotopic (exact) mass is 457 g/mol. The van der Waals surface area contributed by atoms with E-state index in [-0.39, 0.29) is 41.6 Å². The largest absolute Gasteiger partial charge is 0.511 e. The normalized spacial score (nSPS) is 18.1. The summed E-state index contributed by atoms with van der Waals surface area (Å²) in [5.41, 5.74) is 0.936. The molecule has 0 radical (unpaired) electrons. The van der Waals surface area contributed by atoms with Crippen LogP contribution in [-0.2, 0) is 22.4 Å². The van der Waals surface area contributed by atoms with E-state index in [0.717, 1.165) is 17.7 Å². The second-order valence-corrected chi connectivity index (χ2v) is 8.07. The van der Waals surface area contributed by atoms with Crippen molar-refractivity contribution >= 4 is 34.4 Å². The third kappa shape index (κ3) is 5.05. The summed E-state index contributed by atoms with van der Waals surface area (Å²) >= 11 is 7.59. The number of rotatable bonds is 6. The number of carbonyl (C=O) groups is 1. The van der Waals surface area contributed by atoms with Crippen LogP contribution < -0.4 is 0 Å². The van der Waals surface area contributed by atoms with Crippen LogP contribution in [0.3, 0.4) is 0 Å². The van der Waals surface area contributed by atoms with E-state index < -0.39 is 17.7 Å². The average molecular weight is 458 g/mol. The molecule has 1 heterocycles. The summed E-state index contributed by atoms with van der Waals surface area (Å²) in [4.78, 5) is 18.1. The third-order valence-corrected chi connectivity index (χ3v) is 5.88. The predicted octanol–water partition coefficient (Wildman–Crippen LogP) is 6.66. The van der Waals surface area contributed by atoms with Crippen LogP contribution in [0.4, 0.5) is 13.2 Å². The maximum Gasteiger partial charge on any atom is 0.416 e. The number of benzene rings is 1. The Morgan fingerprint density at radius 1 is 1.33 bits per heavy atom. The zero-order valence-electron chi connectivity index (χ0n) is 16.0. The molecule has 0 bridgehead atoms. The number of oxime groups is 1. The van der Waals surface area contributed by atoms with Gasteiger partial charge in [0.1, 0.15) is 12.4 Å². The van der Waals surface area contributed by atoms with Gasteiger partial charge in [0.25, 0.3) is 0 Å². The number of aliphatic hydroxyl groups is 1. The van der Waals surface area contributed by atoms with Crippen molar-refractivity contribution in [3.05, 3.63) is 68.1 Å². The number of alkyl halides is 3. The molecule has 1 aliphatic rings. The molecule has 4 nitrogen and oxygen atoms in total. The standard InChI is InChI=1S/C21H19ClF3NO3S/c1-2-17(26-29-10-12-5-6-30-11-12)20-18(27)7-13(8-19(20)28)15-4-3-14(9-16(15)22)21(23,24)25/h3-6,9,11,13,27H,2,7-8,10H2,1H3. The quantitative estimate of drug-likeness (QED) is 0.389. The number of allylic oxidation sites excluding steroid dienone is 2. The molecule has 0 saturated carbocycles. The van der Waals surface area contributed by atoms with E-state index in [4.69, 9.17) is 16.4 Å². The lowest BCUT2D eigenvalue weighted by atomic mass is 9.81. The first kappa shape index (κ1) is 22.4. The Morgan fingerprint density at radius 2 is 2.10 bits per heavy atom. The van der Waals surface area contributed by atoms with Gasteiger partial charge in [-0.15, -0.1) is 0 Å². The van der Waals surface area contributed by atoms with Gasteiger partial charge in [-0.05, 0) is 46.9 Å². The molecule has 1 unspecified atom stereocenters. The molecule has 0 fully saturated rings. The van der Waals surface area contributed by atoms with Crippen LogP contribution in [0.5, 0.6) is 0 Å². The topological polar surface area (TPSA) is 58.9 Å². The molecule has 0 saturated heterocycles. The van der Waals surface area contributed by atoms with E-state index in [1.807, 2.05) is 16.8 Å². The van der Waals surface area contributed by atoms with Gasteiger partial charge in [0.15, 0.2) is 5.78 Å². The predicted molar refractivity (Wildman–Crippen MR) is 110 cm³/mol. The second-order valence-electron chi connectivity index (χ2n) is 6.88. The van der Waals surface area contributed by atoms with Crippen LogP contribution in [0.15, 0.2) is 51.5 Å². The van der Waals surface area contributed by atoms with Crippen LogP contribution in [0.25, 0.3) is 0 Å². The second kappa shape index (κ2) is 9.22. The number of hydrogen-bond acceptors (Lipinski definition) is 5. The Balaban J connectivity index is 1.80. The number of hydrogen-bond donors (Lipinski definition) is 1. The molecule has 0 spiro atoms. The van der Waals surface area contributed by atoms with Gasteiger partial charge < -0.3 is 9.94 Å². The van der Waals surface area contributed by atoms with Gasteiger partial charge in [0, 0.05) is 23.4 Å². The summed E-state index contributed by atoms with van der Waals surface area (Å²) in [6, 6.07) is 4.93. The fraction of sp³-hybridized carbons (Fsp3) is 0.333. The molecule has 0 aliphatic heterocycles. The van der Waals surface area contributed by atoms with Crippen molar-refractivity contribution in [2.45, 2.75) is 44.9 Å². The highest BCUT2D eigenvalue weighted by molar-refractivity contribution is 7.07. The SMILES string of the molecule is CCC(=NOCc1ccsc1)C1=C(O)CC(c2ccc(C(F)(F)F)cc2Cl)CC1=O. The Morgan fingerprint density at radius 3 is 2.67 bits per heavy atom. The molecule has 160 valence electrons. The van der Waals surface area contributed by atoms with Crippen molar-refractivity contribution in [2.75, 3.05) is 0 Å². The van der Waals surface area contributed by atoms with E-state index in [0.29, 0.717) is 17.7 Å². The number of halogens is 4. The molecule has 1 aliphatic carbocycles. The van der Waals surface area contributed by atoms with Gasteiger partial charge in [-0.25, -0.2) is 0 Å². The minimum atomic E-state index is -4.50. The summed E-state index contributed by atoms with van der Waals surface area (Å²) in [6.07, 6.45) is -4.04. The average Bonchev–Trinajstić information content (AvgIpc) is 3.18. The van der Waals surface area contributed by atoms with Crippen molar-refractivity contribution in [2.24, 2.45) is 5.16 Å². The molecule has 1 aromatic carbocycles. The molecule has 1 atom stereocenters. The maximum atomic E-state index is 12.9. The molecule has 1 N–H and O–H groups in total.